The Hall–Kier alpha value is -3.55. The summed E-state index contributed by atoms with van der Waals surface area (Å²) in [6.45, 7) is 7.76. The maximum absolute atomic E-state index is 12.9. The molecular formula is C27H35N3O5. The number of alkyl carbamates (subject to hydrolysis) is 1. The highest BCUT2D eigenvalue weighted by Crippen LogP contribution is 2.21. The molecule has 0 fully saturated rings. The molecule has 0 saturated heterocycles. The molecule has 3 amide bonds. The van der Waals surface area contributed by atoms with E-state index in [1.165, 1.54) is 4.90 Å². The van der Waals surface area contributed by atoms with E-state index in [0.717, 1.165) is 23.1 Å². The third-order valence-electron chi connectivity index (χ3n) is 5.61. The van der Waals surface area contributed by atoms with Crippen molar-refractivity contribution in [1.29, 1.82) is 0 Å². The van der Waals surface area contributed by atoms with E-state index in [9.17, 15) is 14.4 Å². The minimum atomic E-state index is -0.533. The van der Waals surface area contributed by atoms with Crippen molar-refractivity contribution in [3.05, 3.63) is 70.8 Å². The fourth-order valence-electron chi connectivity index (χ4n) is 3.79. The van der Waals surface area contributed by atoms with Gasteiger partial charge < -0.3 is 24.6 Å². The van der Waals surface area contributed by atoms with Gasteiger partial charge in [0.15, 0.2) is 0 Å². The Morgan fingerprint density at radius 2 is 1.83 bits per heavy atom. The Morgan fingerprint density at radius 3 is 2.54 bits per heavy atom. The average Bonchev–Trinajstić information content (AvgIpc) is 2.82. The van der Waals surface area contributed by atoms with Gasteiger partial charge in [-0.15, -0.1) is 0 Å². The molecule has 0 radical (unpaired) electrons. The monoisotopic (exact) mass is 481 g/mol. The maximum Gasteiger partial charge on any atom is 0.410 e. The molecule has 1 aliphatic rings. The van der Waals surface area contributed by atoms with Crippen LogP contribution in [0.25, 0.3) is 0 Å². The minimum Gasteiger partial charge on any atom is -0.445 e. The van der Waals surface area contributed by atoms with E-state index >= 15 is 0 Å². The summed E-state index contributed by atoms with van der Waals surface area (Å²) in [5.41, 5.74) is 2.98. The molecule has 0 atom stereocenters. The van der Waals surface area contributed by atoms with Gasteiger partial charge in [0, 0.05) is 38.8 Å². The van der Waals surface area contributed by atoms with Gasteiger partial charge in [-0.3, -0.25) is 4.79 Å². The fraction of sp³-hybridized carbons (Fsp3) is 0.444. The molecule has 1 N–H and O–H groups in total. The molecular weight excluding hydrogens is 446 g/mol. The Morgan fingerprint density at radius 1 is 1.09 bits per heavy atom. The van der Waals surface area contributed by atoms with Crippen molar-refractivity contribution in [3.8, 4) is 0 Å². The van der Waals surface area contributed by atoms with Crippen LogP contribution in [0, 0.1) is 0 Å². The first-order chi connectivity index (χ1) is 16.6. The summed E-state index contributed by atoms with van der Waals surface area (Å²) in [5.74, 6) is -0.00653. The Balaban J connectivity index is 1.44. The lowest BCUT2D eigenvalue weighted by Crippen LogP contribution is -2.40. The SMILES string of the molecule is CN(CCCN1CCc2cc(CNC(=O)OCc3ccccc3)ccc2C1=O)C(=O)OC(C)(C)C. The van der Waals surface area contributed by atoms with Gasteiger partial charge in [0.25, 0.3) is 5.91 Å². The van der Waals surface area contributed by atoms with Crippen LogP contribution in [0.1, 0.15) is 54.2 Å². The van der Waals surface area contributed by atoms with E-state index in [1.54, 1.807) is 7.05 Å². The summed E-state index contributed by atoms with van der Waals surface area (Å²) in [5, 5.41) is 2.76. The van der Waals surface area contributed by atoms with E-state index in [0.29, 0.717) is 38.2 Å². The van der Waals surface area contributed by atoms with E-state index in [1.807, 2.05) is 74.2 Å². The van der Waals surface area contributed by atoms with E-state index in [2.05, 4.69) is 5.32 Å². The standard InChI is InChI=1S/C27H35N3O5/c1-27(2,3)35-26(33)29(4)14-8-15-30-16-13-22-17-21(11-12-23(22)24(30)31)18-28-25(32)34-19-20-9-6-5-7-10-20/h5-7,9-12,17H,8,13-16,18-19H2,1-4H3,(H,28,32). The van der Waals surface area contributed by atoms with Crippen LogP contribution in [-0.2, 0) is 29.0 Å². The molecule has 188 valence electrons. The molecule has 2 aromatic rings. The van der Waals surface area contributed by atoms with E-state index in [4.69, 9.17) is 9.47 Å². The lowest BCUT2D eigenvalue weighted by Gasteiger charge is -2.30. The number of nitrogens with zero attached hydrogens (tertiary/aromatic N) is 2. The average molecular weight is 482 g/mol. The van der Waals surface area contributed by atoms with Crippen molar-refractivity contribution in [2.75, 3.05) is 26.7 Å². The molecule has 2 aromatic carbocycles. The highest BCUT2D eigenvalue weighted by molar-refractivity contribution is 5.96. The molecule has 0 bridgehead atoms. The number of carbonyl (C=O) groups is 3. The zero-order valence-electron chi connectivity index (χ0n) is 21.0. The van der Waals surface area contributed by atoms with Crippen LogP contribution in [-0.4, -0.2) is 60.2 Å². The van der Waals surface area contributed by atoms with Crippen LogP contribution in [0.4, 0.5) is 9.59 Å². The number of fused-ring (bicyclic) bond motifs is 1. The van der Waals surface area contributed by atoms with Crippen molar-refractivity contribution in [2.45, 2.75) is 52.4 Å². The third kappa shape index (κ3) is 8.02. The van der Waals surface area contributed by atoms with Crippen LogP contribution in [0.15, 0.2) is 48.5 Å². The largest absolute Gasteiger partial charge is 0.445 e. The lowest BCUT2D eigenvalue weighted by atomic mass is 9.96. The number of ether oxygens (including phenoxy) is 2. The summed E-state index contributed by atoms with van der Waals surface area (Å²) in [4.78, 5) is 40.4. The summed E-state index contributed by atoms with van der Waals surface area (Å²) in [7, 11) is 1.70. The first kappa shape index (κ1) is 26.1. The number of carbonyl (C=O) groups excluding carboxylic acids is 3. The van der Waals surface area contributed by atoms with Crippen LogP contribution in [0.3, 0.4) is 0 Å². The van der Waals surface area contributed by atoms with Gasteiger partial charge in [-0.2, -0.15) is 0 Å². The number of hydrogen-bond acceptors (Lipinski definition) is 5. The van der Waals surface area contributed by atoms with E-state index < -0.39 is 11.7 Å². The predicted octanol–water partition coefficient (Wildman–Crippen LogP) is 4.37. The molecule has 8 nitrogen and oxygen atoms in total. The van der Waals surface area contributed by atoms with Gasteiger partial charge >= 0.3 is 12.2 Å². The molecule has 0 aromatic heterocycles. The smallest absolute Gasteiger partial charge is 0.410 e. The van der Waals surface area contributed by atoms with E-state index in [-0.39, 0.29) is 18.6 Å². The molecule has 8 heteroatoms. The van der Waals surface area contributed by atoms with Crippen molar-refractivity contribution in [2.24, 2.45) is 0 Å². The summed E-state index contributed by atoms with van der Waals surface area (Å²) < 4.78 is 10.6. The quantitative estimate of drug-likeness (QED) is 0.605. The predicted molar refractivity (Wildman–Crippen MR) is 133 cm³/mol. The zero-order chi connectivity index (χ0) is 25.4. The number of rotatable bonds is 8. The highest BCUT2D eigenvalue weighted by Gasteiger charge is 2.25. The highest BCUT2D eigenvalue weighted by atomic mass is 16.6. The fourth-order valence-corrected chi connectivity index (χ4v) is 3.79. The first-order valence-electron chi connectivity index (χ1n) is 11.9. The van der Waals surface area contributed by atoms with Gasteiger partial charge in [-0.05, 0) is 56.4 Å². The maximum atomic E-state index is 12.9. The second-order valence-corrected chi connectivity index (χ2v) is 9.70. The van der Waals surface area contributed by atoms with Gasteiger partial charge in [-0.1, -0.05) is 42.5 Å². The van der Waals surface area contributed by atoms with Crippen LogP contribution in [0.5, 0.6) is 0 Å². The minimum absolute atomic E-state index is 0.00653. The molecule has 35 heavy (non-hydrogen) atoms. The number of hydrogen-bond donors (Lipinski definition) is 1. The van der Waals surface area contributed by atoms with Gasteiger partial charge in [0.2, 0.25) is 0 Å². The Kier molecular flexibility index (Phi) is 8.73. The van der Waals surface area contributed by atoms with Crippen molar-refractivity contribution < 1.29 is 23.9 Å². The molecule has 3 rings (SSSR count). The van der Waals surface area contributed by atoms with Gasteiger partial charge in [-0.25, -0.2) is 9.59 Å². The van der Waals surface area contributed by atoms with Crippen molar-refractivity contribution >= 4 is 18.1 Å². The Labute approximate surface area is 207 Å². The normalized spacial score (nSPS) is 13.1. The van der Waals surface area contributed by atoms with Gasteiger partial charge in [0.05, 0.1) is 0 Å². The Bertz CT molecular complexity index is 1030. The first-order valence-corrected chi connectivity index (χ1v) is 11.9. The van der Waals surface area contributed by atoms with Crippen LogP contribution >= 0.6 is 0 Å². The van der Waals surface area contributed by atoms with Crippen LogP contribution in [0.2, 0.25) is 0 Å². The second-order valence-electron chi connectivity index (χ2n) is 9.70. The lowest BCUT2D eigenvalue weighted by molar-refractivity contribution is 0.0293. The number of nitrogens with one attached hydrogen (secondary N) is 1. The zero-order valence-corrected chi connectivity index (χ0v) is 21.0. The van der Waals surface area contributed by atoms with Crippen LogP contribution < -0.4 is 5.32 Å². The topological polar surface area (TPSA) is 88.2 Å². The molecule has 0 unspecified atom stereocenters. The molecule has 0 spiro atoms. The van der Waals surface area contributed by atoms with Crippen molar-refractivity contribution in [3.63, 3.8) is 0 Å². The van der Waals surface area contributed by atoms with Crippen molar-refractivity contribution in [1.82, 2.24) is 15.1 Å². The summed E-state index contributed by atoms with van der Waals surface area (Å²) in [6, 6.07) is 15.2. The molecule has 1 aliphatic heterocycles. The van der Waals surface area contributed by atoms with Gasteiger partial charge in [0.1, 0.15) is 12.2 Å². The second kappa shape index (κ2) is 11.7. The third-order valence-corrected chi connectivity index (χ3v) is 5.61. The number of benzene rings is 2. The summed E-state index contributed by atoms with van der Waals surface area (Å²) >= 11 is 0. The molecule has 0 aliphatic carbocycles. The summed E-state index contributed by atoms with van der Waals surface area (Å²) in [6.07, 6.45) is 0.571. The molecule has 1 heterocycles. The molecule has 0 saturated carbocycles. The number of amides is 3.